The van der Waals surface area contributed by atoms with E-state index in [1.165, 1.54) is 4.68 Å². The van der Waals surface area contributed by atoms with E-state index in [-0.39, 0.29) is 12.2 Å². The van der Waals surface area contributed by atoms with Gasteiger partial charge in [0.1, 0.15) is 5.69 Å². The van der Waals surface area contributed by atoms with Crippen LogP contribution in [0.5, 0.6) is 0 Å². The summed E-state index contributed by atoms with van der Waals surface area (Å²) in [6.07, 6.45) is 1.53. The van der Waals surface area contributed by atoms with Gasteiger partial charge >= 0.3 is 5.69 Å². The zero-order valence-electron chi connectivity index (χ0n) is 11.8. The minimum atomic E-state index is -0.886. The standard InChI is InChI=1S/C12H20N4O4/c1-3-9-10(16(18)19)11(15(2)14-9)13-8-12(17)4-6-20-7-5-12/h13,17H,3-8H2,1-2H3. The van der Waals surface area contributed by atoms with Crippen LogP contribution < -0.4 is 5.32 Å². The number of hydrogen-bond donors (Lipinski definition) is 2. The third-order valence-corrected chi connectivity index (χ3v) is 3.62. The SMILES string of the molecule is CCc1nn(C)c(NCC2(O)CCOCC2)c1[N+](=O)[O-]. The van der Waals surface area contributed by atoms with Crippen molar-refractivity contribution in [2.45, 2.75) is 31.8 Å². The smallest absolute Gasteiger partial charge is 0.333 e. The summed E-state index contributed by atoms with van der Waals surface area (Å²) in [6, 6.07) is 0. The Hall–Kier alpha value is -1.67. The van der Waals surface area contributed by atoms with Gasteiger partial charge in [0.2, 0.25) is 5.82 Å². The molecule has 0 saturated carbocycles. The molecule has 20 heavy (non-hydrogen) atoms. The van der Waals surface area contributed by atoms with Crippen LogP contribution in [-0.4, -0.2) is 45.2 Å². The van der Waals surface area contributed by atoms with Crippen molar-refractivity contribution in [1.29, 1.82) is 0 Å². The molecule has 8 heteroatoms. The van der Waals surface area contributed by atoms with Crippen LogP contribution in [0.3, 0.4) is 0 Å². The fourth-order valence-corrected chi connectivity index (χ4v) is 2.37. The summed E-state index contributed by atoms with van der Waals surface area (Å²) in [5, 5.41) is 28.7. The van der Waals surface area contributed by atoms with E-state index in [0.29, 0.717) is 44.0 Å². The largest absolute Gasteiger partial charge is 0.388 e. The number of aliphatic hydroxyl groups is 1. The van der Waals surface area contributed by atoms with Crippen molar-refractivity contribution in [3.8, 4) is 0 Å². The van der Waals surface area contributed by atoms with Gasteiger partial charge in [0.15, 0.2) is 0 Å². The lowest BCUT2D eigenvalue weighted by molar-refractivity contribution is -0.384. The van der Waals surface area contributed by atoms with E-state index in [9.17, 15) is 15.2 Å². The monoisotopic (exact) mass is 284 g/mol. The van der Waals surface area contributed by atoms with E-state index in [1.54, 1.807) is 7.05 Å². The zero-order chi connectivity index (χ0) is 14.8. The molecule has 0 radical (unpaired) electrons. The molecule has 0 bridgehead atoms. The quantitative estimate of drug-likeness (QED) is 0.613. The average Bonchev–Trinajstić information content (AvgIpc) is 2.74. The van der Waals surface area contributed by atoms with Gasteiger partial charge in [0.25, 0.3) is 0 Å². The molecule has 1 aromatic rings. The first-order chi connectivity index (χ1) is 9.47. The van der Waals surface area contributed by atoms with Gasteiger partial charge in [-0.3, -0.25) is 10.1 Å². The molecule has 0 spiro atoms. The third kappa shape index (κ3) is 2.91. The number of ether oxygens (including phenoxy) is 1. The van der Waals surface area contributed by atoms with E-state index >= 15 is 0 Å². The van der Waals surface area contributed by atoms with Crippen molar-refractivity contribution >= 4 is 11.5 Å². The van der Waals surface area contributed by atoms with Crippen molar-refractivity contribution < 1.29 is 14.8 Å². The zero-order valence-corrected chi connectivity index (χ0v) is 11.8. The Kier molecular flexibility index (Phi) is 4.24. The van der Waals surface area contributed by atoms with E-state index in [4.69, 9.17) is 4.74 Å². The molecule has 0 atom stereocenters. The van der Waals surface area contributed by atoms with Crippen molar-refractivity contribution in [3.63, 3.8) is 0 Å². The normalized spacial score (nSPS) is 17.9. The van der Waals surface area contributed by atoms with Gasteiger partial charge in [-0.1, -0.05) is 6.92 Å². The number of aryl methyl sites for hydroxylation is 2. The third-order valence-electron chi connectivity index (χ3n) is 3.62. The maximum absolute atomic E-state index is 11.2. The molecular formula is C12H20N4O4. The van der Waals surface area contributed by atoms with Crippen LogP contribution in [0.2, 0.25) is 0 Å². The molecular weight excluding hydrogens is 264 g/mol. The summed E-state index contributed by atoms with van der Waals surface area (Å²) in [6.45, 7) is 3.09. The Balaban J connectivity index is 2.16. The predicted octanol–water partition coefficient (Wildman–Crippen LogP) is 0.844. The topological polar surface area (TPSA) is 102 Å². The first-order valence-corrected chi connectivity index (χ1v) is 6.71. The summed E-state index contributed by atoms with van der Waals surface area (Å²) in [5.74, 6) is 0.340. The molecule has 112 valence electrons. The van der Waals surface area contributed by atoms with Crippen LogP contribution in [0.4, 0.5) is 11.5 Å². The molecule has 0 aromatic carbocycles. The number of hydrogen-bond acceptors (Lipinski definition) is 6. The molecule has 1 aliphatic rings. The first kappa shape index (κ1) is 14.7. The Labute approximate surface area is 116 Å². The van der Waals surface area contributed by atoms with Gasteiger partial charge in [-0.15, -0.1) is 0 Å². The van der Waals surface area contributed by atoms with Crippen LogP contribution in [-0.2, 0) is 18.2 Å². The predicted molar refractivity (Wildman–Crippen MR) is 72.7 cm³/mol. The summed E-state index contributed by atoms with van der Waals surface area (Å²) < 4.78 is 6.67. The lowest BCUT2D eigenvalue weighted by Gasteiger charge is -2.32. The molecule has 1 aromatic heterocycles. The Bertz CT molecular complexity index is 494. The number of rotatable bonds is 5. The number of anilines is 1. The molecule has 1 saturated heterocycles. The van der Waals surface area contributed by atoms with E-state index in [1.807, 2.05) is 6.92 Å². The fourth-order valence-electron chi connectivity index (χ4n) is 2.37. The summed E-state index contributed by atoms with van der Waals surface area (Å²) in [7, 11) is 1.66. The van der Waals surface area contributed by atoms with Crippen LogP contribution in [0.15, 0.2) is 0 Å². The Morgan fingerprint density at radius 1 is 1.55 bits per heavy atom. The summed E-state index contributed by atoms with van der Waals surface area (Å²) in [5.41, 5.74) is -0.451. The molecule has 2 rings (SSSR count). The van der Waals surface area contributed by atoms with Gasteiger partial charge < -0.3 is 15.2 Å². The lowest BCUT2D eigenvalue weighted by Crippen LogP contribution is -2.42. The number of nitrogens with zero attached hydrogens (tertiary/aromatic N) is 3. The second kappa shape index (κ2) is 5.76. The van der Waals surface area contributed by atoms with E-state index < -0.39 is 10.5 Å². The molecule has 8 nitrogen and oxygen atoms in total. The van der Waals surface area contributed by atoms with Crippen LogP contribution in [0.1, 0.15) is 25.5 Å². The van der Waals surface area contributed by atoms with Crippen molar-refractivity contribution in [3.05, 3.63) is 15.8 Å². The van der Waals surface area contributed by atoms with Gasteiger partial charge in [0.05, 0.1) is 10.5 Å². The second-order valence-corrected chi connectivity index (χ2v) is 5.07. The highest BCUT2D eigenvalue weighted by atomic mass is 16.6. The van der Waals surface area contributed by atoms with Gasteiger partial charge in [-0.2, -0.15) is 5.10 Å². The van der Waals surface area contributed by atoms with Crippen molar-refractivity contribution in [2.75, 3.05) is 25.1 Å². The lowest BCUT2D eigenvalue weighted by atomic mass is 9.94. The molecule has 2 N–H and O–H groups in total. The first-order valence-electron chi connectivity index (χ1n) is 6.71. The van der Waals surface area contributed by atoms with Crippen molar-refractivity contribution in [2.24, 2.45) is 7.05 Å². The Morgan fingerprint density at radius 3 is 2.75 bits per heavy atom. The number of nitrogens with one attached hydrogen (secondary N) is 1. The molecule has 0 aliphatic carbocycles. The van der Waals surface area contributed by atoms with Gasteiger partial charge in [-0.25, -0.2) is 4.68 Å². The number of nitro groups is 1. The maximum atomic E-state index is 11.2. The molecule has 2 heterocycles. The molecule has 0 amide bonds. The molecule has 0 unspecified atom stereocenters. The summed E-state index contributed by atoms with van der Waals surface area (Å²) in [4.78, 5) is 10.7. The van der Waals surface area contributed by atoms with Crippen molar-refractivity contribution in [1.82, 2.24) is 9.78 Å². The minimum absolute atomic E-state index is 0.00865. The van der Waals surface area contributed by atoms with Gasteiger partial charge in [-0.05, 0) is 6.42 Å². The highest BCUT2D eigenvalue weighted by Gasteiger charge is 2.32. The minimum Gasteiger partial charge on any atom is -0.388 e. The summed E-state index contributed by atoms with van der Waals surface area (Å²) >= 11 is 0. The van der Waals surface area contributed by atoms with Gasteiger partial charge in [0, 0.05) is 39.6 Å². The Morgan fingerprint density at radius 2 is 2.20 bits per heavy atom. The molecule has 1 fully saturated rings. The van der Waals surface area contributed by atoms with Crippen LogP contribution >= 0.6 is 0 Å². The highest BCUT2D eigenvalue weighted by molar-refractivity contribution is 5.60. The fraction of sp³-hybridized carbons (Fsp3) is 0.750. The van der Waals surface area contributed by atoms with Crippen LogP contribution in [0, 0.1) is 10.1 Å². The average molecular weight is 284 g/mol. The van der Waals surface area contributed by atoms with Crippen LogP contribution in [0.25, 0.3) is 0 Å². The number of aromatic nitrogens is 2. The maximum Gasteiger partial charge on any atom is 0.333 e. The highest BCUT2D eigenvalue weighted by Crippen LogP contribution is 2.30. The second-order valence-electron chi connectivity index (χ2n) is 5.07. The van der Waals surface area contributed by atoms with E-state index in [0.717, 1.165) is 0 Å². The molecule has 1 aliphatic heterocycles. The van der Waals surface area contributed by atoms with E-state index in [2.05, 4.69) is 10.4 Å².